The lowest BCUT2D eigenvalue weighted by Gasteiger charge is -2.10. The van der Waals surface area contributed by atoms with E-state index in [0.29, 0.717) is 0 Å². The summed E-state index contributed by atoms with van der Waals surface area (Å²) in [4.78, 5) is 0. The van der Waals surface area contributed by atoms with E-state index in [1.165, 1.54) is 22.3 Å². The molecule has 3 rings (SSSR count). The van der Waals surface area contributed by atoms with E-state index in [4.69, 9.17) is 0 Å². The highest BCUT2D eigenvalue weighted by Gasteiger charge is 2.14. The van der Waals surface area contributed by atoms with Crippen LogP contribution in [0.5, 0.6) is 0 Å². The monoisotopic (exact) mass is 554 g/mol. The third-order valence-corrected chi connectivity index (χ3v) is 7.58. The molecule has 0 spiro atoms. The third-order valence-electron chi connectivity index (χ3n) is 2.87. The second kappa shape index (κ2) is 6.34. The van der Waals surface area contributed by atoms with Gasteiger partial charge < -0.3 is 0 Å². The molecule has 1 aromatic carbocycles. The van der Waals surface area contributed by atoms with Crippen LogP contribution in [0.3, 0.4) is 0 Å². The standard InChI is InChI=1S/C14H6Br4S2/c15-11-1-7(9-3-19-5-13(9)17)12(16)2-8(11)10-4-20-6-14(10)18/h1-6H. The average molecular weight is 558 g/mol. The Bertz CT molecular complexity index is 707. The molecule has 0 radical (unpaired) electrons. The third kappa shape index (κ3) is 2.88. The molecule has 0 fully saturated rings. The lowest BCUT2D eigenvalue weighted by Crippen LogP contribution is -1.84. The molecule has 6 heteroatoms. The Morgan fingerprint density at radius 2 is 0.900 bits per heavy atom. The fraction of sp³-hybridized carbons (Fsp3) is 0. The van der Waals surface area contributed by atoms with Crippen molar-refractivity contribution >= 4 is 86.4 Å². The van der Waals surface area contributed by atoms with Gasteiger partial charge in [-0.05, 0) is 65.9 Å². The van der Waals surface area contributed by atoms with Gasteiger partial charge in [-0.2, -0.15) is 22.7 Å². The fourth-order valence-corrected chi connectivity index (χ4v) is 6.04. The highest BCUT2D eigenvalue weighted by Crippen LogP contribution is 2.43. The Morgan fingerprint density at radius 1 is 0.500 bits per heavy atom. The smallest absolute Gasteiger partial charge is 0.0361 e. The van der Waals surface area contributed by atoms with Crippen LogP contribution >= 0.6 is 86.4 Å². The van der Waals surface area contributed by atoms with Crippen LogP contribution in [-0.2, 0) is 0 Å². The maximum Gasteiger partial charge on any atom is 0.0361 e. The highest BCUT2D eigenvalue weighted by molar-refractivity contribution is 9.11. The van der Waals surface area contributed by atoms with Crippen molar-refractivity contribution in [3.63, 3.8) is 0 Å². The summed E-state index contributed by atoms with van der Waals surface area (Å²) in [6, 6.07) is 4.33. The van der Waals surface area contributed by atoms with Gasteiger partial charge in [0.25, 0.3) is 0 Å². The van der Waals surface area contributed by atoms with Crippen molar-refractivity contribution in [1.29, 1.82) is 0 Å². The van der Waals surface area contributed by atoms with E-state index < -0.39 is 0 Å². The number of halogens is 4. The molecule has 0 saturated heterocycles. The second-order valence-corrected chi connectivity index (χ2v) is 8.98. The number of rotatable bonds is 2. The van der Waals surface area contributed by atoms with E-state index in [-0.39, 0.29) is 0 Å². The molecule has 0 unspecified atom stereocenters. The van der Waals surface area contributed by atoms with Crippen molar-refractivity contribution in [2.24, 2.45) is 0 Å². The van der Waals surface area contributed by atoms with Gasteiger partial charge in [0.05, 0.1) is 0 Å². The molecule has 102 valence electrons. The summed E-state index contributed by atoms with van der Waals surface area (Å²) in [5.41, 5.74) is 4.78. The molecule has 0 N–H and O–H groups in total. The number of thiophene rings is 2. The molecule has 2 heterocycles. The topological polar surface area (TPSA) is 0 Å². The van der Waals surface area contributed by atoms with E-state index in [9.17, 15) is 0 Å². The molecular formula is C14H6Br4S2. The first kappa shape index (κ1) is 15.4. The van der Waals surface area contributed by atoms with Crippen molar-refractivity contribution in [3.8, 4) is 22.3 Å². The van der Waals surface area contributed by atoms with Crippen LogP contribution in [-0.4, -0.2) is 0 Å². The first-order valence-electron chi connectivity index (χ1n) is 5.51. The van der Waals surface area contributed by atoms with E-state index in [1.54, 1.807) is 22.7 Å². The first-order chi connectivity index (χ1) is 9.58. The summed E-state index contributed by atoms with van der Waals surface area (Å²) in [7, 11) is 0. The van der Waals surface area contributed by atoms with E-state index in [1.807, 2.05) is 0 Å². The average Bonchev–Trinajstić information content (AvgIpc) is 3.01. The second-order valence-electron chi connectivity index (χ2n) is 4.08. The van der Waals surface area contributed by atoms with Gasteiger partial charge in [0.1, 0.15) is 0 Å². The highest BCUT2D eigenvalue weighted by atomic mass is 79.9. The zero-order valence-electron chi connectivity index (χ0n) is 9.79. The number of hydrogen-bond donors (Lipinski definition) is 0. The Morgan fingerprint density at radius 3 is 1.20 bits per heavy atom. The van der Waals surface area contributed by atoms with Crippen LogP contribution in [0.4, 0.5) is 0 Å². The van der Waals surface area contributed by atoms with Crippen molar-refractivity contribution in [2.45, 2.75) is 0 Å². The van der Waals surface area contributed by atoms with E-state index in [0.717, 1.165) is 17.9 Å². The summed E-state index contributed by atoms with van der Waals surface area (Å²) in [6.45, 7) is 0. The van der Waals surface area contributed by atoms with Gasteiger partial charge in [-0.25, -0.2) is 0 Å². The Hall–Kier alpha value is 0.540. The Labute approximate surface area is 158 Å². The van der Waals surface area contributed by atoms with Crippen LogP contribution in [0.2, 0.25) is 0 Å². The van der Waals surface area contributed by atoms with Crippen LogP contribution in [0.1, 0.15) is 0 Å². The molecule has 2 aromatic heterocycles. The minimum absolute atomic E-state index is 1.09. The number of benzene rings is 1. The molecule has 0 aliphatic carbocycles. The quantitative estimate of drug-likeness (QED) is 0.298. The van der Waals surface area contributed by atoms with Crippen molar-refractivity contribution in [2.75, 3.05) is 0 Å². The van der Waals surface area contributed by atoms with Gasteiger partial charge in [0, 0.05) is 39.8 Å². The Balaban J connectivity index is 2.17. The summed E-state index contributed by atoms with van der Waals surface area (Å²) in [6.07, 6.45) is 0. The molecule has 0 aliphatic heterocycles. The van der Waals surface area contributed by atoms with E-state index in [2.05, 4.69) is 97.4 Å². The van der Waals surface area contributed by atoms with Crippen LogP contribution < -0.4 is 0 Å². The first-order valence-corrected chi connectivity index (χ1v) is 10.6. The Kier molecular flexibility index (Phi) is 4.90. The van der Waals surface area contributed by atoms with Gasteiger partial charge in [-0.15, -0.1) is 0 Å². The predicted octanol–water partition coefficient (Wildman–Crippen LogP) is 8.19. The van der Waals surface area contributed by atoms with E-state index >= 15 is 0 Å². The van der Waals surface area contributed by atoms with Gasteiger partial charge in [0.15, 0.2) is 0 Å². The van der Waals surface area contributed by atoms with Gasteiger partial charge in [-0.3, -0.25) is 0 Å². The molecule has 20 heavy (non-hydrogen) atoms. The molecule has 0 nitrogen and oxygen atoms in total. The molecule has 0 atom stereocenters. The summed E-state index contributed by atoms with van der Waals surface area (Å²) < 4.78 is 4.43. The van der Waals surface area contributed by atoms with Crippen LogP contribution in [0.25, 0.3) is 22.3 Å². The lowest BCUT2D eigenvalue weighted by atomic mass is 10.0. The van der Waals surface area contributed by atoms with Crippen molar-refractivity contribution in [1.82, 2.24) is 0 Å². The molecule has 0 aliphatic rings. The van der Waals surface area contributed by atoms with Gasteiger partial charge in [-0.1, -0.05) is 31.9 Å². The minimum atomic E-state index is 1.09. The maximum absolute atomic E-state index is 3.70. The fourth-order valence-electron chi connectivity index (χ4n) is 1.91. The van der Waals surface area contributed by atoms with Crippen LogP contribution in [0, 0.1) is 0 Å². The SMILES string of the molecule is Brc1cscc1-c1cc(Br)c(-c2cscc2Br)cc1Br. The summed E-state index contributed by atoms with van der Waals surface area (Å²) >= 11 is 18.0. The summed E-state index contributed by atoms with van der Waals surface area (Å²) in [5.74, 6) is 0. The van der Waals surface area contributed by atoms with Crippen molar-refractivity contribution in [3.05, 3.63) is 51.5 Å². The molecule has 0 saturated carbocycles. The van der Waals surface area contributed by atoms with Gasteiger partial charge in [0.2, 0.25) is 0 Å². The van der Waals surface area contributed by atoms with Gasteiger partial charge >= 0.3 is 0 Å². The minimum Gasteiger partial charge on any atom is -0.151 e. The van der Waals surface area contributed by atoms with Crippen LogP contribution in [0.15, 0.2) is 51.5 Å². The summed E-state index contributed by atoms with van der Waals surface area (Å²) in [5, 5.41) is 8.49. The molecule has 3 aromatic rings. The largest absolute Gasteiger partial charge is 0.151 e. The number of hydrogen-bond acceptors (Lipinski definition) is 2. The molecule has 0 amide bonds. The molecular weight excluding hydrogens is 552 g/mol. The normalized spacial score (nSPS) is 11.0. The van der Waals surface area contributed by atoms with Crippen molar-refractivity contribution < 1.29 is 0 Å². The molecule has 0 bridgehead atoms. The zero-order valence-corrected chi connectivity index (χ0v) is 17.8. The maximum atomic E-state index is 3.70. The predicted molar refractivity (Wildman–Crippen MR) is 104 cm³/mol. The zero-order chi connectivity index (χ0) is 14.3. The lowest BCUT2D eigenvalue weighted by molar-refractivity contribution is 1.55.